The van der Waals surface area contributed by atoms with Crippen molar-refractivity contribution in [3.63, 3.8) is 0 Å². The van der Waals surface area contributed by atoms with Gasteiger partial charge in [0, 0.05) is 0 Å². The molecule has 0 aliphatic carbocycles. The number of esters is 1. The van der Waals surface area contributed by atoms with Gasteiger partial charge in [0.2, 0.25) is 10.0 Å². The van der Waals surface area contributed by atoms with Crippen molar-refractivity contribution in [3.05, 3.63) is 0 Å². The molecule has 5 nitrogen and oxygen atoms in total. The van der Waals surface area contributed by atoms with Crippen molar-refractivity contribution in [2.24, 2.45) is 0 Å². The Hall–Kier alpha value is -0.620. The van der Waals surface area contributed by atoms with Gasteiger partial charge in [-0.2, -0.15) is 0 Å². The van der Waals surface area contributed by atoms with Gasteiger partial charge in [0.25, 0.3) is 0 Å². The van der Waals surface area contributed by atoms with Crippen LogP contribution in [0.25, 0.3) is 0 Å². The maximum absolute atomic E-state index is 11.6. The maximum atomic E-state index is 11.6. The number of nitrogens with one attached hydrogen (secondary N) is 1. The molecule has 0 amide bonds. The first-order valence-electron chi connectivity index (χ1n) is 4.92. The van der Waals surface area contributed by atoms with Crippen molar-refractivity contribution in [1.29, 1.82) is 0 Å². The van der Waals surface area contributed by atoms with Gasteiger partial charge >= 0.3 is 5.97 Å². The van der Waals surface area contributed by atoms with Gasteiger partial charge in [0.1, 0.15) is 11.6 Å². The average molecular weight is 235 g/mol. The highest BCUT2D eigenvalue weighted by Crippen LogP contribution is 2.14. The minimum atomic E-state index is -3.28. The quantitative estimate of drug-likeness (QED) is 0.668. The van der Waals surface area contributed by atoms with Crippen molar-refractivity contribution in [3.8, 4) is 0 Å². The highest BCUT2D eigenvalue weighted by molar-refractivity contribution is 7.89. The van der Waals surface area contributed by atoms with Crippen LogP contribution < -0.4 is 4.72 Å². The predicted molar refractivity (Wildman–Crippen MR) is 55.8 cm³/mol. The van der Waals surface area contributed by atoms with E-state index in [0.717, 1.165) is 0 Å². The average Bonchev–Trinajstić information content (AvgIpc) is 1.99. The van der Waals surface area contributed by atoms with Crippen LogP contribution in [-0.4, -0.2) is 31.8 Å². The molecule has 0 radical (unpaired) electrons. The first kappa shape index (κ1) is 12.4. The second-order valence-electron chi connectivity index (χ2n) is 4.67. The molecule has 1 heterocycles. The Morgan fingerprint density at radius 1 is 1.40 bits per heavy atom. The van der Waals surface area contributed by atoms with Gasteiger partial charge in [0.05, 0.1) is 5.75 Å². The number of carbonyl (C=O) groups is 1. The summed E-state index contributed by atoms with van der Waals surface area (Å²) in [6.45, 7) is 5.26. The van der Waals surface area contributed by atoms with Crippen LogP contribution in [0.3, 0.4) is 0 Å². The van der Waals surface area contributed by atoms with Crippen LogP contribution in [0.15, 0.2) is 0 Å². The van der Waals surface area contributed by atoms with Gasteiger partial charge in [0.15, 0.2) is 0 Å². The van der Waals surface area contributed by atoms with Gasteiger partial charge in [-0.1, -0.05) is 0 Å². The lowest BCUT2D eigenvalue weighted by Gasteiger charge is -2.26. The van der Waals surface area contributed by atoms with E-state index in [1.165, 1.54) is 0 Å². The number of hydrogen-bond acceptors (Lipinski definition) is 4. The molecule has 15 heavy (non-hydrogen) atoms. The fourth-order valence-electron chi connectivity index (χ4n) is 1.35. The van der Waals surface area contributed by atoms with E-state index in [4.69, 9.17) is 4.74 Å². The monoisotopic (exact) mass is 235 g/mol. The van der Waals surface area contributed by atoms with E-state index in [0.29, 0.717) is 12.8 Å². The Bertz CT molecular complexity index is 342. The predicted octanol–water partition coefficient (Wildman–Crippen LogP) is 0.410. The molecule has 1 N–H and O–H groups in total. The van der Waals surface area contributed by atoms with Crippen molar-refractivity contribution in [2.75, 3.05) is 5.75 Å². The molecule has 0 aromatic rings. The molecule has 1 atom stereocenters. The molecule has 0 saturated carbocycles. The van der Waals surface area contributed by atoms with Gasteiger partial charge in [-0.15, -0.1) is 0 Å². The smallest absolute Gasteiger partial charge is 0.324 e. The Labute approximate surface area is 90.2 Å². The number of hydrogen-bond donors (Lipinski definition) is 1. The van der Waals surface area contributed by atoms with E-state index in [1.54, 1.807) is 20.8 Å². The summed E-state index contributed by atoms with van der Waals surface area (Å²) in [5, 5.41) is 0. The summed E-state index contributed by atoms with van der Waals surface area (Å²) in [5.41, 5.74) is -0.583. The maximum Gasteiger partial charge on any atom is 0.324 e. The lowest BCUT2D eigenvalue weighted by Crippen LogP contribution is -2.47. The van der Waals surface area contributed by atoms with E-state index in [2.05, 4.69) is 4.72 Å². The molecule has 1 fully saturated rings. The molecule has 1 aliphatic heterocycles. The minimum Gasteiger partial charge on any atom is -0.459 e. The zero-order valence-electron chi connectivity index (χ0n) is 9.24. The van der Waals surface area contributed by atoms with Crippen molar-refractivity contribution in [2.45, 2.75) is 45.3 Å². The van der Waals surface area contributed by atoms with Crippen LogP contribution >= 0.6 is 0 Å². The van der Waals surface area contributed by atoms with Gasteiger partial charge < -0.3 is 4.74 Å². The summed E-state index contributed by atoms with van der Waals surface area (Å²) >= 11 is 0. The number of sulfonamides is 1. The molecule has 0 aromatic carbocycles. The summed E-state index contributed by atoms with van der Waals surface area (Å²) in [5.74, 6) is -0.405. The summed E-state index contributed by atoms with van der Waals surface area (Å²) in [7, 11) is -3.28. The van der Waals surface area contributed by atoms with Gasteiger partial charge in [-0.05, 0) is 33.6 Å². The topological polar surface area (TPSA) is 72.5 Å². The fourth-order valence-corrected chi connectivity index (χ4v) is 2.66. The molecular weight excluding hydrogens is 218 g/mol. The third-order valence-corrected chi connectivity index (χ3v) is 3.39. The highest BCUT2D eigenvalue weighted by atomic mass is 32.2. The van der Waals surface area contributed by atoms with Crippen molar-refractivity contribution < 1.29 is 17.9 Å². The zero-order valence-corrected chi connectivity index (χ0v) is 10.1. The number of ether oxygens (including phenoxy) is 1. The van der Waals surface area contributed by atoms with E-state index < -0.39 is 27.6 Å². The van der Waals surface area contributed by atoms with E-state index in [-0.39, 0.29) is 5.75 Å². The summed E-state index contributed by atoms with van der Waals surface area (Å²) < 4.78 is 29.8. The molecule has 1 aliphatic rings. The van der Waals surface area contributed by atoms with E-state index >= 15 is 0 Å². The van der Waals surface area contributed by atoms with Crippen LogP contribution in [0.5, 0.6) is 0 Å². The molecule has 0 aromatic heterocycles. The van der Waals surface area contributed by atoms with E-state index in [1.807, 2.05) is 0 Å². The van der Waals surface area contributed by atoms with Crippen LogP contribution in [0.4, 0.5) is 0 Å². The lowest BCUT2D eigenvalue weighted by molar-refractivity contribution is -0.157. The normalized spacial score (nSPS) is 25.9. The number of rotatable bonds is 1. The summed E-state index contributed by atoms with van der Waals surface area (Å²) in [6, 6.07) is -0.719. The lowest BCUT2D eigenvalue weighted by atomic mass is 10.1. The first-order chi connectivity index (χ1) is 6.70. The molecule has 1 rings (SSSR count). The molecule has 0 spiro atoms. The molecular formula is C9H17NO4S. The largest absolute Gasteiger partial charge is 0.459 e. The number of carbonyl (C=O) groups excluding carboxylic acids is 1. The molecule has 1 saturated heterocycles. The molecule has 0 bridgehead atoms. The minimum absolute atomic E-state index is 0.0896. The second-order valence-corrected chi connectivity index (χ2v) is 6.54. The van der Waals surface area contributed by atoms with Crippen LogP contribution in [0.1, 0.15) is 33.6 Å². The first-order valence-corrected chi connectivity index (χ1v) is 6.58. The molecule has 1 unspecified atom stereocenters. The summed E-state index contributed by atoms with van der Waals surface area (Å²) in [4.78, 5) is 11.6. The standard InChI is InChI=1S/C9H17NO4S/c1-9(2,3)14-8(11)7-5-4-6-15(12,13)10-7/h7,10H,4-6H2,1-3H3. The van der Waals surface area contributed by atoms with Crippen molar-refractivity contribution >= 4 is 16.0 Å². The van der Waals surface area contributed by atoms with Gasteiger partial charge in [-0.3, -0.25) is 4.79 Å². The second kappa shape index (κ2) is 4.09. The summed E-state index contributed by atoms with van der Waals surface area (Å²) in [6.07, 6.45) is 1.01. The SMILES string of the molecule is CC(C)(C)OC(=O)C1CCCS(=O)(=O)N1. The van der Waals surface area contributed by atoms with Crippen LogP contribution in [0.2, 0.25) is 0 Å². The fraction of sp³-hybridized carbons (Fsp3) is 0.889. The molecule has 88 valence electrons. The van der Waals surface area contributed by atoms with Crippen LogP contribution in [-0.2, 0) is 19.6 Å². The zero-order chi connectivity index (χ0) is 11.7. The Morgan fingerprint density at radius 2 is 2.00 bits per heavy atom. The van der Waals surface area contributed by atoms with Crippen molar-refractivity contribution in [1.82, 2.24) is 4.72 Å². The van der Waals surface area contributed by atoms with Gasteiger partial charge in [-0.25, -0.2) is 13.1 Å². The third-order valence-electron chi connectivity index (χ3n) is 1.92. The van der Waals surface area contributed by atoms with Crippen LogP contribution in [0, 0.1) is 0 Å². The Morgan fingerprint density at radius 3 is 2.47 bits per heavy atom. The highest BCUT2D eigenvalue weighted by Gasteiger charge is 2.31. The Balaban J connectivity index is 2.61. The molecule has 6 heteroatoms. The third kappa shape index (κ3) is 4.17. The Kier molecular flexibility index (Phi) is 3.40. The van der Waals surface area contributed by atoms with E-state index in [9.17, 15) is 13.2 Å².